The molecule has 0 aliphatic carbocycles. The first-order chi connectivity index (χ1) is 9.40. The lowest BCUT2D eigenvalue weighted by atomic mass is 10.1. The summed E-state index contributed by atoms with van der Waals surface area (Å²) in [6, 6.07) is 2.21. The summed E-state index contributed by atoms with van der Waals surface area (Å²) in [5, 5.41) is 0. The number of ether oxygens (including phenoxy) is 1. The van der Waals surface area contributed by atoms with Crippen LogP contribution in [-0.4, -0.2) is 47.6 Å². The van der Waals surface area contributed by atoms with Gasteiger partial charge in [-0.15, -0.1) is 0 Å². The second-order valence-corrected chi connectivity index (χ2v) is 7.33. The smallest absolute Gasteiger partial charge is 0.317 e. The van der Waals surface area contributed by atoms with Gasteiger partial charge in [-0.1, -0.05) is 0 Å². The highest BCUT2D eigenvalue weighted by atomic mass is 32.2. The molecule has 2 rings (SSSR count). The topological polar surface area (TPSA) is 72.4 Å². The molecule has 0 aromatic carbocycles. The third kappa shape index (κ3) is 3.67. The molecule has 0 bridgehead atoms. The largest absolute Gasteiger partial charge is 0.459 e. The zero-order valence-electron chi connectivity index (χ0n) is 12.2. The number of hydrogen-bond donors (Lipinski definition) is 0. The maximum absolute atomic E-state index is 11.9. The van der Waals surface area contributed by atoms with E-state index in [9.17, 15) is 8.42 Å². The van der Waals surface area contributed by atoms with Gasteiger partial charge in [-0.3, -0.25) is 0 Å². The Labute approximate surface area is 120 Å². The van der Waals surface area contributed by atoms with Gasteiger partial charge in [0.2, 0.25) is 10.0 Å². The van der Waals surface area contributed by atoms with Crippen molar-refractivity contribution < 1.29 is 13.2 Å². The van der Waals surface area contributed by atoms with Gasteiger partial charge in [-0.05, 0) is 39.7 Å². The highest BCUT2D eigenvalue weighted by molar-refractivity contribution is 7.89. The molecule has 0 N–H and O–H groups in total. The lowest BCUT2D eigenvalue weighted by Crippen LogP contribution is -2.45. The van der Waals surface area contributed by atoms with E-state index < -0.39 is 10.0 Å². The summed E-state index contributed by atoms with van der Waals surface area (Å²) in [6.07, 6.45) is 1.45. The molecule has 6 nitrogen and oxygen atoms in total. The zero-order valence-corrected chi connectivity index (χ0v) is 13.0. The van der Waals surface area contributed by atoms with Crippen LogP contribution in [0.15, 0.2) is 6.07 Å². The molecule has 7 heteroatoms. The van der Waals surface area contributed by atoms with Crippen molar-refractivity contribution in [2.75, 3.05) is 18.8 Å². The minimum absolute atomic E-state index is 0.125. The van der Waals surface area contributed by atoms with E-state index in [1.807, 2.05) is 19.9 Å². The summed E-state index contributed by atoms with van der Waals surface area (Å²) >= 11 is 0. The second kappa shape index (κ2) is 6.05. The molecule has 1 unspecified atom stereocenters. The molecule has 1 atom stereocenters. The summed E-state index contributed by atoms with van der Waals surface area (Å²) in [5.41, 5.74) is 1.70. The SMILES string of the molecule is CCS(=O)(=O)N1CCCC(Oc2nc(C)cc(C)n2)C1. The van der Waals surface area contributed by atoms with Crippen molar-refractivity contribution in [1.29, 1.82) is 0 Å². The Morgan fingerprint density at radius 1 is 1.35 bits per heavy atom. The van der Waals surface area contributed by atoms with Crippen LogP contribution in [-0.2, 0) is 10.0 Å². The predicted molar refractivity (Wildman–Crippen MR) is 76.2 cm³/mol. The summed E-state index contributed by atoms with van der Waals surface area (Å²) in [7, 11) is -3.15. The molecule has 0 saturated carbocycles. The molecular weight excluding hydrogens is 278 g/mol. The Bertz CT molecular complexity index is 554. The summed E-state index contributed by atoms with van der Waals surface area (Å²) in [4.78, 5) is 8.47. The van der Waals surface area contributed by atoms with E-state index in [2.05, 4.69) is 9.97 Å². The van der Waals surface area contributed by atoms with Crippen molar-refractivity contribution >= 4 is 10.0 Å². The highest BCUT2D eigenvalue weighted by Gasteiger charge is 2.29. The quantitative estimate of drug-likeness (QED) is 0.837. The van der Waals surface area contributed by atoms with Crippen LogP contribution >= 0.6 is 0 Å². The first-order valence-electron chi connectivity index (χ1n) is 6.87. The van der Waals surface area contributed by atoms with E-state index in [-0.39, 0.29) is 11.9 Å². The van der Waals surface area contributed by atoms with Gasteiger partial charge in [0.25, 0.3) is 0 Å². The van der Waals surface area contributed by atoms with Crippen molar-refractivity contribution in [3.05, 3.63) is 17.5 Å². The summed E-state index contributed by atoms with van der Waals surface area (Å²) < 4.78 is 31.1. The lowest BCUT2D eigenvalue weighted by Gasteiger charge is -2.31. The average molecular weight is 299 g/mol. The van der Waals surface area contributed by atoms with Crippen molar-refractivity contribution in [3.8, 4) is 6.01 Å². The van der Waals surface area contributed by atoms with E-state index in [0.717, 1.165) is 24.2 Å². The normalized spacial score (nSPS) is 20.9. The molecule has 2 heterocycles. The van der Waals surface area contributed by atoms with Gasteiger partial charge < -0.3 is 4.74 Å². The molecule has 1 fully saturated rings. The third-order valence-corrected chi connectivity index (χ3v) is 5.18. The lowest BCUT2D eigenvalue weighted by molar-refractivity contribution is 0.119. The Balaban J connectivity index is 2.06. The minimum Gasteiger partial charge on any atom is -0.459 e. The summed E-state index contributed by atoms with van der Waals surface area (Å²) in [5.74, 6) is 0.125. The van der Waals surface area contributed by atoms with Crippen LogP contribution in [0.5, 0.6) is 6.01 Å². The van der Waals surface area contributed by atoms with Crippen LogP contribution in [0.3, 0.4) is 0 Å². The van der Waals surface area contributed by atoms with Crippen LogP contribution in [0.2, 0.25) is 0 Å². The van der Waals surface area contributed by atoms with E-state index >= 15 is 0 Å². The van der Waals surface area contributed by atoms with Gasteiger partial charge in [-0.25, -0.2) is 18.4 Å². The van der Waals surface area contributed by atoms with Gasteiger partial charge in [0.1, 0.15) is 6.10 Å². The van der Waals surface area contributed by atoms with Gasteiger partial charge >= 0.3 is 6.01 Å². The molecule has 1 aromatic heterocycles. The first-order valence-corrected chi connectivity index (χ1v) is 8.48. The van der Waals surface area contributed by atoms with Crippen LogP contribution in [0.4, 0.5) is 0 Å². The fourth-order valence-corrected chi connectivity index (χ4v) is 3.50. The fraction of sp³-hybridized carbons (Fsp3) is 0.692. The molecule has 1 aliphatic heterocycles. The Kier molecular flexibility index (Phi) is 4.59. The zero-order chi connectivity index (χ0) is 14.8. The van der Waals surface area contributed by atoms with Crippen molar-refractivity contribution in [1.82, 2.24) is 14.3 Å². The van der Waals surface area contributed by atoms with E-state index in [1.54, 1.807) is 6.92 Å². The molecule has 1 aliphatic rings. The maximum atomic E-state index is 11.9. The minimum atomic E-state index is -3.15. The molecule has 0 spiro atoms. The van der Waals surface area contributed by atoms with Crippen LogP contribution in [0.25, 0.3) is 0 Å². The van der Waals surface area contributed by atoms with Crippen LogP contribution < -0.4 is 4.74 Å². The fourth-order valence-electron chi connectivity index (χ4n) is 2.33. The van der Waals surface area contributed by atoms with Crippen molar-refractivity contribution in [3.63, 3.8) is 0 Å². The van der Waals surface area contributed by atoms with E-state index in [0.29, 0.717) is 19.1 Å². The Hall–Kier alpha value is -1.21. The predicted octanol–water partition coefficient (Wildman–Crippen LogP) is 1.29. The number of hydrogen-bond acceptors (Lipinski definition) is 5. The van der Waals surface area contributed by atoms with Crippen molar-refractivity contribution in [2.24, 2.45) is 0 Å². The molecule has 112 valence electrons. The van der Waals surface area contributed by atoms with Crippen molar-refractivity contribution in [2.45, 2.75) is 39.7 Å². The maximum Gasteiger partial charge on any atom is 0.317 e. The van der Waals surface area contributed by atoms with Crippen LogP contribution in [0, 0.1) is 13.8 Å². The molecule has 1 aromatic rings. The van der Waals surface area contributed by atoms with E-state index in [1.165, 1.54) is 4.31 Å². The van der Waals surface area contributed by atoms with Gasteiger partial charge in [0, 0.05) is 17.9 Å². The number of sulfonamides is 1. The summed E-state index contributed by atoms with van der Waals surface area (Å²) in [6.45, 7) is 6.38. The molecule has 20 heavy (non-hydrogen) atoms. The molecule has 1 saturated heterocycles. The number of rotatable bonds is 4. The monoisotopic (exact) mass is 299 g/mol. The first kappa shape index (κ1) is 15.2. The second-order valence-electron chi connectivity index (χ2n) is 5.07. The molecular formula is C13H21N3O3S. The van der Waals surface area contributed by atoms with Crippen LogP contribution in [0.1, 0.15) is 31.2 Å². The number of aryl methyl sites for hydroxylation is 2. The van der Waals surface area contributed by atoms with Gasteiger partial charge in [0.15, 0.2) is 0 Å². The third-order valence-electron chi connectivity index (χ3n) is 3.33. The number of nitrogens with zero attached hydrogens (tertiary/aromatic N) is 3. The average Bonchev–Trinajstić information content (AvgIpc) is 2.38. The van der Waals surface area contributed by atoms with Gasteiger partial charge in [0.05, 0.1) is 12.3 Å². The Morgan fingerprint density at radius 2 is 2.00 bits per heavy atom. The highest BCUT2D eigenvalue weighted by Crippen LogP contribution is 2.18. The number of aromatic nitrogens is 2. The standard InChI is InChI=1S/C13H21N3O3S/c1-4-20(17,18)16-7-5-6-12(9-16)19-13-14-10(2)8-11(3)15-13/h8,12H,4-7,9H2,1-3H3. The Morgan fingerprint density at radius 3 is 2.60 bits per heavy atom. The number of piperidine rings is 1. The van der Waals surface area contributed by atoms with Gasteiger partial charge in [-0.2, -0.15) is 4.31 Å². The molecule has 0 radical (unpaired) electrons. The van der Waals surface area contributed by atoms with E-state index in [4.69, 9.17) is 4.74 Å². The molecule has 0 amide bonds.